The Labute approximate surface area is 192 Å². The van der Waals surface area contributed by atoms with Crippen LogP contribution in [0, 0.1) is 10.1 Å². The minimum atomic E-state index is -0.301. The maximum atomic E-state index is 12.9. The minimum Gasteiger partial charge on any atom is -0.495 e. The van der Waals surface area contributed by atoms with Crippen molar-refractivity contribution in [1.82, 2.24) is 4.90 Å². The topological polar surface area (TPSA) is 79.2 Å². The van der Waals surface area contributed by atoms with E-state index in [2.05, 4.69) is 9.80 Å². The summed E-state index contributed by atoms with van der Waals surface area (Å²) in [6, 6.07) is 10.4. The van der Waals surface area contributed by atoms with E-state index in [-0.39, 0.29) is 16.5 Å². The van der Waals surface area contributed by atoms with Crippen LogP contribution >= 0.6 is 11.6 Å². The van der Waals surface area contributed by atoms with E-state index >= 15 is 0 Å². The molecule has 2 aliphatic rings. The number of anilines is 2. The Morgan fingerprint density at radius 3 is 2.31 bits per heavy atom. The number of benzene rings is 2. The first kappa shape index (κ1) is 22.2. The van der Waals surface area contributed by atoms with E-state index in [9.17, 15) is 14.9 Å². The summed E-state index contributed by atoms with van der Waals surface area (Å²) in [6.07, 6.45) is 3.27. The van der Waals surface area contributed by atoms with Crippen LogP contribution in [-0.4, -0.2) is 62.1 Å². The molecule has 2 aliphatic heterocycles. The van der Waals surface area contributed by atoms with Gasteiger partial charge in [-0.15, -0.1) is 0 Å². The molecular formula is C23H27ClN4O4. The third-order valence-corrected chi connectivity index (χ3v) is 6.48. The minimum absolute atomic E-state index is 0.0630. The first-order valence-corrected chi connectivity index (χ1v) is 11.3. The molecule has 2 aromatic carbocycles. The highest BCUT2D eigenvalue weighted by atomic mass is 35.5. The summed E-state index contributed by atoms with van der Waals surface area (Å²) < 4.78 is 5.16. The number of piperazine rings is 1. The van der Waals surface area contributed by atoms with E-state index in [4.69, 9.17) is 16.3 Å². The van der Waals surface area contributed by atoms with E-state index in [0.29, 0.717) is 48.2 Å². The van der Waals surface area contributed by atoms with Gasteiger partial charge in [0.2, 0.25) is 0 Å². The maximum Gasteiger partial charge on any atom is 0.292 e. The van der Waals surface area contributed by atoms with Crippen LogP contribution in [0.5, 0.6) is 5.75 Å². The molecule has 2 aromatic rings. The molecule has 0 N–H and O–H groups in total. The summed E-state index contributed by atoms with van der Waals surface area (Å²) in [5, 5.41) is 12.0. The van der Waals surface area contributed by atoms with E-state index in [1.54, 1.807) is 24.3 Å². The number of carbonyl (C=O) groups is 1. The number of nitro benzene ring substituents is 1. The molecular weight excluding hydrogens is 432 g/mol. The SMILES string of the molecule is COc1ccc(C(=O)N2CCN(c3ccc([N+](=O)[O-])c(N4CCCCC4)c3)CC2)cc1Cl. The lowest BCUT2D eigenvalue weighted by Gasteiger charge is -2.37. The third-order valence-electron chi connectivity index (χ3n) is 6.18. The van der Waals surface area contributed by atoms with Gasteiger partial charge in [0, 0.05) is 56.6 Å². The number of nitro groups is 1. The molecule has 2 fully saturated rings. The Hall–Kier alpha value is -3.00. The van der Waals surface area contributed by atoms with E-state index in [0.717, 1.165) is 31.6 Å². The van der Waals surface area contributed by atoms with Crippen LogP contribution in [0.3, 0.4) is 0 Å². The average molecular weight is 459 g/mol. The summed E-state index contributed by atoms with van der Waals surface area (Å²) in [6.45, 7) is 4.14. The number of methoxy groups -OCH3 is 1. The standard InChI is InChI=1S/C23H27ClN4O4/c1-32-22-8-5-17(15-19(22)24)23(29)27-13-11-25(12-14-27)18-6-7-20(28(30)31)21(16-18)26-9-3-2-4-10-26/h5-8,15-16H,2-4,9-14H2,1H3. The number of amides is 1. The predicted octanol–water partition coefficient (Wildman–Crippen LogP) is 4.21. The monoisotopic (exact) mass is 458 g/mol. The van der Waals surface area contributed by atoms with Crippen molar-refractivity contribution in [3.05, 3.63) is 57.1 Å². The van der Waals surface area contributed by atoms with Gasteiger partial charge in [0.25, 0.3) is 11.6 Å². The summed E-state index contributed by atoms with van der Waals surface area (Å²) in [7, 11) is 1.54. The molecule has 0 saturated carbocycles. The Kier molecular flexibility index (Phi) is 6.69. The molecule has 9 heteroatoms. The normalized spacial score (nSPS) is 16.8. The van der Waals surface area contributed by atoms with Gasteiger partial charge in [-0.2, -0.15) is 0 Å². The van der Waals surface area contributed by atoms with Gasteiger partial charge >= 0.3 is 0 Å². The van der Waals surface area contributed by atoms with Crippen LogP contribution < -0.4 is 14.5 Å². The molecule has 0 aliphatic carbocycles. The van der Waals surface area contributed by atoms with Crippen LogP contribution in [0.2, 0.25) is 5.02 Å². The second-order valence-electron chi connectivity index (χ2n) is 8.11. The number of hydrogen-bond acceptors (Lipinski definition) is 6. The third kappa shape index (κ3) is 4.60. The predicted molar refractivity (Wildman–Crippen MR) is 125 cm³/mol. The van der Waals surface area contributed by atoms with Crippen LogP contribution in [-0.2, 0) is 0 Å². The molecule has 0 atom stereocenters. The van der Waals surface area contributed by atoms with Crippen LogP contribution in [0.25, 0.3) is 0 Å². The lowest BCUT2D eigenvalue weighted by Crippen LogP contribution is -2.48. The summed E-state index contributed by atoms with van der Waals surface area (Å²) >= 11 is 6.17. The van der Waals surface area contributed by atoms with E-state index in [1.165, 1.54) is 13.5 Å². The molecule has 0 aromatic heterocycles. The van der Waals surface area contributed by atoms with Crippen LogP contribution in [0.4, 0.5) is 17.1 Å². The largest absolute Gasteiger partial charge is 0.495 e. The Balaban J connectivity index is 1.46. The van der Waals surface area contributed by atoms with Crippen molar-refractivity contribution in [3.8, 4) is 5.75 Å². The molecule has 2 heterocycles. The number of rotatable bonds is 5. The first-order valence-electron chi connectivity index (χ1n) is 10.9. The zero-order valence-corrected chi connectivity index (χ0v) is 18.9. The fourth-order valence-electron chi connectivity index (χ4n) is 4.40. The maximum absolute atomic E-state index is 12.9. The van der Waals surface area contributed by atoms with Gasteiger partial charge in [-0.3, -0.25) is 14.9 Å². The second-order valence-corrected chi connectivity index (χ2v) is 8.51. The molecule has 0 bridgehead atoms. The molecule has 8 nitrogen and oxygen atoms in total. The van der Waals surface area contributed by atoms with Crippen LogP contribution in [0.15, 0.2) is 36.4 Å². The van der Waals surface area contributed by atoms with Crippen molar-refractivity contribution in [3.63, 3.8) is 0 Å². The Morgan fingerprint density at radius 1 is 0.969 bits per heavy atom. The number of piperidine rings is 1. The molecule has 4 rings (SSSR count). The number of nitrogens with zero attached hydrogens (tertiary/aromatic N) is 4. The van der Waals surface area contributed by atoms with Gasteiger partial charge in [0.1, 0.15) is 11.4 Å². The molecule has 170 valence electrons. The van der Waals surface area contributed by atoms with Crippen molar-refractivity contribution in [2.24, 2.45) is 0 Å². The van der Waals surface area contributed by atoms with Gasteiger partial charge in [-0.05, 0) is 49.6 Å². The van der Waals surface area contributed by atoms with Gasteiger partial charge in [-0.25, -0.2) is 0 Å². The summed E-state index contributed by atoms with van der Waals surface area (Å²) in [4.78, 5) is 30.3. The van der Waals surface area contributed by atoms with Crippen molar-refractivity contribution < 1.29 is 14.5 Å². The molecule has 2 saturated heterocycles. The lowest BCUT2D eigenvalue weighted by molar-refractivity contribution is -0.384. The highest BCUT2D eigenvalue weighted by Gasteiger charge is 2.26. The number of ether oxygens (including phenoxy) is 1. The molecule has 1 amide bonds. The number of halogens is 1. The van der Waals surface area contributed by atoms with Gasteiger partial charge < -0.3 is 19.4 Å². The molecule has 0 unspecified atom stereocenters. The second kappa shape index (κ2) is 9.65. The highest BCUT2D eigenvalue weighted by Crippen LogP contribution is 2.34. The molecule has 32 heavy (non-hydrogen) atoms. The Morgan fingerprint density at radius 2 is 1.69 bits per heavy atom. The zero-order valence-electron chi connectivity index (χ0n) is 18.1. The van der Waals surface area contributed by atoms with Crippen molar-refractivity contribution in [1.29, 1.82) is 0 Å². The fraction of sp³-hybridized carbons (Fsp3) is 0.435. The molecule has 0 radical (unpaired) electrons. The number of hydrogen-bond donors (Lipinski definition) is 0. The van der Waals surface area contributed by atoms with Gasteiger partial charge in [0.15, 0.2) is 0 Å². The first-order chi connectivity index (χ1) is 15.5. The summed E-state index contributed by atoms with van der Waals surface area (Å²) in [5.41, 5.74) is 2.34. The van der Waals surface area contributed by atoms with Crippen molar-refractivity contribution in [2.75, 3.05) is 56.2 Å². The smallest absolute Gasteiger partial charge is 0.292 e. The van der Waals surface area contributed by atoms with E-state index < -0.39 is 0 Å². The van der Waals surface area contributed by atoms with E-state index in [1.807, 2.05) is 17.0 Å². The number of carbonyl (C=O) groups excluding carboxylic acids is 1. The van der Waals surface area contributed by atoms with Crippen LogP contribution in [0.1, 0.15) is 29.6 Å². The summed E-state index contributed by atoms with van der Waals surface area (Å²) in [5.74, 6) is 0.475. The quantitative estimate of drug-likeness (QED) is 0.493. The van der Waals surface area contributed by atoms with Crippen molar-refractivity contribution in [2.45, 2.75) is 19.3 Å². The average Bonchev–Trinajstić information content (AvgIpc) is 2.83. The molecule has 0 spiro atoms. The van der Waals surface area contributed by atoms with Gasteiger partial charge in [0.05, 0.1) is 17.1 Å². The lowest BCUT2D eigenvalue weighted by atomic mass is 10.1. The zero-order chi connectivity index (χ0) is 22.7. The fourth-order valence-corrected chi connectivity index (χ4v) is 4.66. The van der Waals surface area contributed by atoms with Gasteiger partial charge in [-0.1, -0.05) is 11.6 Å². The Bertz CT molecular complexity index is 1000. The van der Waals surface area contributed by atoms with Crippen molar-refractivity contribution >= 4 is 34.6 Å². The highest BCUT2D eigenvalue weighted by molar-refractivity contribution is 6.32.